The highest BCUT2D eigenvalue weighted by atomic mass is 32.2. The summed E-state index contributed by atoms with van der Waals surface area (Å²) in [6.45, 7) is 1.97. The Balaban J connectivity index is 1.76. The first-order valence-electron chi connectivity index (χ1n) is 9.17. The van der Waals surface area contributed by atoms with Crippen LogP contribution in [0.15, 0.2) is 41.4 Å². The number of nitrogens with zero attached hydrogens (tertiary/aromatic N) is 1. The van der Waals surface area contributed by atoms with Gasteiger partial charge in [-0.1, -0.05) is 11.8 Å². The van der Waals surface area contributed by atoms with Crippen molar-refractivity contribution in [1.82, 2.24) is 4.98 Å². The number of nitrogens with one attached hydrogen (secondary N) is 1. The lowest BCUT2D eigenvalue weighted by Crippen LogP contribution is -2.15. The molecule has 2 aromatic carbocycles. The van der Waals surface area contributed by atoms with Gasteiger partial charge in [-0.2, -0.15) is 0 Å². The van der Waals surface area contributed by atoms with E-state index in [-0.39, 0.29) is 11.7 Å². The lowest BCUT2D eigenvalue weighted by Gasteiger charge is -2.13. The van der Waals surface area contributed by atoms with Gasteiger partial charge in [-0.3, -0.25) is 4.79 Å². The highest BCUT2D eigenvalue weighted by Crippen LogP contribution is 2.34. The van der Waals surface area contributed by atoms with Crippen molar-refractivity contribution in [1.29, 1.82) is 0 Å². The molecule has 0 aliphatic carbocycles. The van der Waals surface area contributed by atoms with Crippen LogP contribution in [-0.2, 0) is 4.79 Å². The van der Waals surface area contributed by atoms with Gasteiger partial charge in [-0.25, -0.2) is 4.98 Å². The number of fused-ring (bicyclic) bond motifs is 1. The molecule has 0 aliphatic heterocycles. The predicted octanol–water partition coefficient (Wildman–Crippen LogP) is 4.31. The summed E-state index contributed by atoms with van der Waals surface area (Å²) in [4.78, 5) is 17.2. The van der Waals surface area contributed by atoms with Gasteiger partial charge in [0.05, 0.1) is 45.4 Å². The van der Waals surface area contributed by atoms with Gasteiger partial charge < -0.3 is 24.3 Å². The van der Waals surface area contributed by atoms with Gasteiger partial charge in [0.1, 0.15) is 16.5 Å². The SMILES string of the molecule is COc1ccc(OC)c(NC(=O)CSc2nc3cc(OC)c(OC)cc3cc2C)c1. The van der Waals surface area contributed by atoms with Crippen molar-refractivity contribution in [2.24, 2.45) is 0 Å². The number of pyridine rings is 1. The number of hydrogen-bond acceptors (Lipinski definition) is 7. The first-order chi connectivity index (χ1) is 14.5. The molecule has 0 unspecified atom stereocenters. The molecule has 1 N–H and O–H groups in total. The van der Waals surface area contributed by atoms with Crippen LogP contribution in [-0.4, -0.2) is 45.1 Å². The summed E-state index contributed by atoms with van der Waals surface area (Å²) in [6, 6.07) is 11.0. The zero-order chi connectivity index (χ0) is 21.7. The molecule has 3 aromatic rings. The van der Waals surface area contributed by atoms with Crippen molar-refractivity contribution in [3.8, 4) is 23.0 Å². The molecule has 158 valence electrons. The van der Waals surface area contributed by atoms with E-state index in [1.54, 1.807) is 46.6 Å². The molecule has 0 atom stereocenters. The fraction of sp³-hybridized carbons (Fsp3) is 0.273. The van der Waals surface area contributed by atoms with Crippen LogP contribution in [0.3, 0.4) is 0 Å². The molecule has 0 fully saturated rings. The summed E-state index contributed by atoms with van der Waals surface area (Å²) in [7, 11) is 6.31. The Bertz CT molecular complexity index is 1070. The normalized spacial score (nSPS) is 10.6. The number of anilines is 1. The van der Waals surface area contributed by atoms with Crippen LogP contribution in [0.25, 0.3) is 10.9 Å². The Kier molecular flexibility index (Phi) is 6.89. The Hall–Kier alpha value is -3.13. The average Bonchev–Trinajstić information content (AvgIpc) is 2.76. The second-order valence-corrected chi connectivity index (χ2v) is 7.38. The summed E-state index contributed by atoms with van der Waals surface area (Å²) in [5.41, 5.74) is 2.31. The van der Waals surface area contributed by atoms with E-state index in [0.29, 0.717) is 28.7 Å². The van der Waals surface area contributed by atoms with Gasteiger partial charge in [0.15, 0.2) is 11.5 Å². The van der Waals surface area contributed by atoms with Gasteiger partial charge in [0, 0.05) is 17.5 Å². The Labute approximate surface area is 179 Å². The molecular weight excluding hydrogens is 404 g/mol. The van der Waals surface area contributed by atoms with E-state index in [1.165, 1.54) is 11.8 Å². The van der Waals surface area contributed by atoms with Crippen molar-refractivity contribution >= 4 is 34.3 Å². The number of ether oxygens (including phenoxy) is 4. The van der Waals surface area contributed by atoms with Gasteiger partial charge in [0.25, 0.3) is 0 Å². The molecule has 1 aromatic heterocycles. The molecule has 7 nitrogen and oxygen atoms in total. The number of amides is 1. The topological polar surface area (TPSA) is 78.9 Å². The Morgan fingerprint density at radius 1 is 0.933 bits per heavy atom. The van der Waals surface area contributed by atoms with Crippen molar-refractivity contribution in [3.05, 3.63) is 42.0 Å². The fourth-order valence-electron chi connectivity index (χ4n) is 2.97. The summed E-state index contributed by atoms with van der Waals surface area (Å²) in [5, 5.41) is 4.59. The minimum absolute atomic E-state index is 0.167. The quantitative estimate of drug-likeness (QED) is 0.536. The van der Waals surface area contributed by atoms with Crippen LogP contribution >= 0.6 is 11.8 Å². The number of methoxy groups -OCH3 is 4. The van der Waals surface area contributed by atoms with E-state index >= 15 is 0 Å². The van der Waals surface area contributed by atoms with E-state index in [0.717, 1.165) is 21.5 Å². The number of aromatic nitrogens is 1. The number of hydrogen-bond donors (Lipinski definition) is 1. The number of carbonyl (C=O) groups is 1. The van der Waals surface area contributed by atoms with Crippen LogP contribution in [0.1, 0.15) is 5.56 Å². The first-order valence-corrected chi connectivity index (χ1v) is 10.2. The molecule has 1 amide bonds. The van der Waals surface area contributed by atoms with Crippen molar-refractivity contribution < 1.29 is 23.7 Å². The van der Waals surface area contributed by atoms with E-state index in [9.17, 15) is 4.79 Å². The minimum Gasteiger partial charge on any atom is -0.497 e. The van der Waals surface area contributed by atoms with Gasteiger partial charge in [-0.15, -0.1) is 0 Å². The Morgan fingerprint density at radius 3 is 2.30 bits per heavy atom. The lowest BCUT2D eigenvalue weighted by molar-refractivity contribution is -0.113. The first kappa shape index (κ1) is 21.6. The molecule has 0 aliphatic rings. The van der Waals surface area contributed by atoms with Gasteiger partial charge in [-0.05, 0) is 36.8 Å². The molecule has 8 heteroatoms. The standard InChI is InChI=1S/C22H24N2O5S/c1-13-8-14-9-19(28-4)20(29-5)11-16(14)24-22(13)30-12-21(25)23-17-10-15(26-2)6-7-18(17)27-3/h6-11H,12H2,1-5H3,(H,23,25). The minimum atomic E-state index is -0.167. The summed E-state index contributed by atoms with van der Waals surface area (Å²) in [5.74, 6) is 2.50. The van der Waals surface area contributed by atoms with E-state index in [1.807, 2.05) is 25.1 Å². The van der Waals surface area contributed by atoms with E-state index in [2.05, 4.69) is 5.32 Å². The predicted molar refractivity (Wildman–Crippen MR) is 118 cm³/mol. The number of carbonyl (C=O) groups excluding carboxylic acids is 1. The highest BCUT2D eigenvalue weighted by molar-refractivity contribution is 8.00. The second-order valence-electron chi connectivity index (χ2n) is 6.41. The molecule has 3 rings (SSSR count). The van der Waals surface area contributed by atoms with E-state index < -0.39 is 0 Å². The molecule has 1 heterocycles. The second kappa shape index (κ2) is 9.58. The van der Waals surface area contributed by atoms with Crippen molar-refractivity contribution in [3.63, 3.8) is 0 Å². The average molecular weight is 429 g/mol. The number of aryl methyl sites for hydroxylation is 1. The molecule has 0 radical (unpaired) electrons. The zero-order valence-corrected chi connectivity index (χ0v) is 18.4. The maximum atomic E-state index is 12.5. The summed E-state index contributed by atoms with van der Waals surface area (Å²) >= 11 is 1.37. The van der Waals surface area contributed by atoms with Crippen LogP contribution < -0.4 is 24.3 Å². The fourth-order valence-corrected chi connectivity index (χ4v) is 3.76. The van der Waals surface area contributed by atoms with Gasteiger partial charge >= 0.3 is 0 Å². The highest BCUT2D eigenvalue weighted by Gasteiger charge is 2.13. The maximum absolute atomic E-state index is 12.5. The third-order valence-corrected chi connectivity index (χ3v) is 5.58. The number of thioether (sulfide) groups is 1. The number of rotatable bonds is 8. The van der Waals surface area contributed by atoms with Crippen molar-refractivity contribution in [2.45, 2.75) is 11.9 Å². The van der Waals surface area contributed by atoms with E-state index in [4.69, 9.17) is 23.9 Å². The molecule has 0 saturated heterocycles. The Morgan fingerprint density at radius 2 is 1.63 bits per heavy atom. The molecule has 0 spiro atoms. The third kappa shape index (κ3) is 4.71. The maximum Gasteiger partial charge on any atom is 0.234 e. The van der Waals surface area contributed by atoms with Crippen LogP contribution in [0.4, 0.5) is 5.69 Å². The smallest absolute Gasteiger partial charge is 0.234 e. The largest absolute Gasteiger partial charge is 0.497 e. The summed E-state index contributed by atoms with van der Waals surface area (Å²) < 4.78 is 21.2. The van der Waals surface area contributed by atoms with Crippen LogP contribution in [0, 0.1) is 6.92 Å². The van der Waals surface area contributed by atoms with Gasteiger partial charge in [0.2, 0.25) is 5.91 Å². The molecular formula is C22H24N2O5S. The summed E-state index contributed by atoms with van der Waals surface area (Å²) in [6.07, 6.45) is 0. The molecule has 30 heavy (non-hydrogen) atoms. The van der Waals surface area contributed by atoms with Crippen LogP contribution in [0.2, 0.25) is 0 Å². The zero-order valence-electron chi connectivity index (χ0n) is 17.6. The molecule has 0 bridgehead atoms. The monoisotopic (exact) mass is 428 g/mol. The van der Waals surface area contributed by atoms with Crippen molar-refractivity contribution in [2.75, 3.05) is 39.5 Å². The van der Waals surface area contributed by atoms with Crippen LogP contribution in [0.5, 0.6) is 23.0 Å². The number of benzene rings is 2. The molecule has 0 saturated carbocycles. The third-order valence-electron chi connectivity index (χ3n) is 4.48. The lowest BCUT2D eigenvalue weighted by atomic mass is 10.1.